The van der Waals surface area contributed by atoms with Gasteiger partial charge >= 0.3 is 5.97 Å². The lowest BCUT2D eigenvalue weighted by Gasteiger charge is -2.16. The summed E-state index contributed by atoms with van der Waals surface area (Å²) in [5.41, 5.74) is 2.53. The van der Waals surface area contributed by atoms with E-state index in [9.17, 15) is 4.79 Å². The lowest BCUT2D eigenvalue weighted by molar-refractivity contribution is 0.0602. The Hall–Kier alpha value is -1.90. The minimum absolute atomic E-state index is 0.283. The monoisotopic (exact) mass is 341 g/mol. The number of aromatic nitrogens is 1. The van der Waals surface area contributed by atoms with Gasteiger partial charge in [-0.1, -0.05) is 70.6 Å². The van der Waals surface area contributed by atoms with Crippen LogP contribution in [0.2, 0.25) is 0 Å². The predicted molar refractivity (Wildman–Crippen MR) is 104 cm³/mol. The number of benzene rings is 1. The molecular weight excluding hydrogens is 310 g/mol. The van der Waals surface area contributed by atoms with Crippen LogP contribution in [0.3, 0.4) is 0 Å². The van der Waals surface area contributed by atoms with Gasteiger partial charge in [0.1, 0.15) is 0 Å². The number of carbonyl (C=O) groups is 1. The largest absolute Gasteiger partial charge is 0.465 e. The number of para-hydroxylation sites is 1. The molecule has 25 heavy (non-hydrogen) atoms. The maximum atomic E-state index is 12.2. The van der Waals surface area contributed by atoms with E-state index in [1.165, 1.54) is 45.6 Å². The number of nitrogens with zero attached hydrogens (tertiary/aromatic N) is 1. The van der Waals surface area contributed by atoms with Gasteiger partial charge in [-0.05, 0) is 25.0 Å². The van der Waals surface area contributed by atoms with Crippen LogP contribution < -0.4 is 0 Å². The molecule has 0 spiro atoms. The number of esters is 1. The van der Waals surface area contributed by atoms with E-state index in [1.54, 1.807) is 0 Å². The van der Waals surface area contributed by atoms with Gasteiger partial charge in [0, 0.05) is 17.0 Å². The SMILES string of the molecule is CCCCCCCCC(CC)c1cc(C(=O)OC)c2ccccc2n1. The average molecular weight is 341 g/mol. The van der Waals surface area contributed by atoms with Crippen molar-refractivity contribution in [3.63, 3.8) is 0 Å². The van der Waals surface area contributed by atoms with Gasteiger partial charge in [0.05, 0.1) is 18.2 Å². The lowest BCUT2D eigenvalue weighted by Crippen LogP contribution is -2.08. The van der Waals surface area contributed by atoms with Crippen LogP contribution in [0.4, 0.5) is 0 Å². The third kappa shape index (κ3) is 5.29. The van der Waals surface area contributed by atoms with Gasteiger partial charge in [-0.2, -0.15) is 0 Å². The molecule has 0 saturated heterocycles. The molecule has 1 heterocycles. The molecule has 3 heteroatoms. The van der Waals surface area contributed by atoms with Crippen LogP contribution in [0.1, 0.15) is 87.2 Å². The van der Waals surface area contributed by atoms with Crippen molar-refractivity contribution in [2.45, 2.75) is 71.1 Å². The first-order valence-electron chi connectivity index (χ1n) is 9.69. The van der Waals surface area contributed by atoms with E-state index >= 15 is 0 Å². The Labute approximate surface area is 151 Å². The molecule has 1 aromatic carbocycles. The molecule has 0 N–H and O–H groups in total. The van der Waals surface area contributed by atoms with Crippen molar-refractivity contribution in [3.05, 3.63) is 41.6 Å². The zero-order chi connectivity index (χ0) is 18.1. The van der Waals surface area contributed by atoms with Gasteiger partial charge in [-0.25, -0.2) is 4.79 Å². The van der Waals surface area contributed by atoms with Crippen molar-refractivity contribution in [1.82, 2.24) is 4.98 Å². The number of ether oxygens (including phenoxy) is 1. The highest BCUT2D eigenvalue weighted by atomic mass is 16.5. The first-order valence-corrected chi connectivity index (χ1v) is 9.69. The Kier molecular flexibility index (Phi) is 7.90. The molecule has 0 fully saturated rings. The number of rotatable bonds is 10. The van der Waals surface area contributed by atoms with Crippen molar-refractivity contribution >= 4 is 16.9 Å². The maximum absolute atomic E-state index is 12.2. The van der Waals surface area contributed by atoms with Gasteiger partial charge < -0.3 is 4.74 Å². The molecule has 0 saturated carbocycles. The second kappa shape index (κ2) is 10.2. The number of unbranched alkanes of at least 4 members (excludes halogenated alkanes) is 5. The second-order valence-corrected chi connectivity index (χ2v) is 6.77. The van der Waals surface area contributed by atoms with Crippen LogP contribution in [-0.2, 0) is 4.74 Å². The Morgan fingerprint density at radius 1 is 1.08 bits per heavy atom. The summed E-state index contributed by atoms with van der Waals surface area (Å²) in [7, 11) is 1.44. The highest BCUT2D eigenvalue weighted by Crippen LogP contribution is 2.29. The van der Waals surface area contributed by atoms with Crippen LogP contribution in [0.25, 0.3) is 10.9 Å². The van der Waals surface area contributed by atoms with E-state index < -0.39 is 0 Å². The number of hydrogen-bond donors (Lipinski definition) is 0. The summed E-state index contributed by atoms with van der Waals surface area (Å²) in [4.78, 5) is 17.0. The Morgan fingerprint density at radius 3 is 2.52 bits per heavy atom. The molecule has 0 aliphatic heterocycles. The molecule has 136 valence electrons. The van der Waals surface area contributed by atoms with Crippen molar-refractivity contribution in [1.29, 1.82) is 0 Å². The van der Waals surface area contributed by atoms with E-state index in [2.05, 4.69) is 13.8 Å². The van der Waals surface area contributed by atoms with Gasteiger partial charge in [-0.15, -0.1) is 0 Å². The zero-order valence-corrected chi connectivity index (χ0v) is 15.9. The Bertz CT molecular complexity index is 681. The van der Waals surface area contributed by atoms with Crippen molar-refractivity contribution in [2.75, 3.05) is 7.11 Å². The van der Waals surface area contributed by atoms with E-state index in [4.69, 9.17) is 9.72 Å². The molecule has 2 rings (SSSR count). The molecule has 0 bridgehead atoms. The smallest absolute Gasteiger partial charge is 0.338 e. The third-order valence-corrected chi connectivity index (χ3v) is 4.96. The molecule has 0 amide bonds. The van der Waals surface area contributed by atoms with E-state index in [0.29, 0.717) is 11.5 Å². The fourth-order valence-corrected chi connectivity index (χ4v) is 3.42. The van der Waals surface area contributed by atoms with Gasteiger partial charge in [0.2, 0.25) is 0 Å². The van der Waals surface area contributed by atoms with Gasteiger partial charge in [0.25, 0.3) is 0 Å². The van der Waals surface area contributed by atoms with Crippen molar-refractivity contribution in [2.24, 2.45) is 0 Å². The van der Waals surface area contributed by atoms with E-state index in [0.717, 1.165) is 29.4 Å². The third-order valence-electron chi connectivity index (χ3n) is 4.96. The van der Waals surface area contributed by atoms with Crippen LogP contribution in [0, 0.1) is 0 Å². The summed E-state index contributed by atoms with van der Waals surface area (Å²) in [5, 5.41) is 0.868. The van der Waals surface area contributed by atoms with E-state index in [1.807, 2.05) is 30.3 Å². The molecule has 0 aliphatic rings. The minimum atomic E-state index is -0.283. The van der Waals surface area contributed by atoms with Gasteiger partial charge in [0.15, 0.2) is 0 Å². The number of methoxy groups -OCH3 is 1. The molecule has 3 nitrogen and oxygen atoms in total. The van der Waals surface area contributed by atoms with Gasteiger partial charge in [-0.3, -0.25) is 4.98 Å². The predicted octanol–water partition coefficient (Wildman–Crippen LogP) is 6.27. The summed E-state index contributed by atoms with van der Waals surface area (Å²) in [6, 6.07) is 9.76. The molecule has 1 aromatic heterocycles. The first kappa shape index (κ1) is 19.4. The fourth-order valence-electron chi connectivity index (χ4n) is 3.42. The standard InChI is InChI=1S/C22H31NO2/c1-4-6-7-8-9-10-13-17(5-2)21-16-19(22(24)25-3)18-14-11-12-15-20(18)23-21/h11-12,14-17H,4-10,13H2,1-3H3. The second-order valence-electron chi connectivity index (χ2n) is 6.77. The minimum Gasteiger partial charge on any atom is -0.465 e. The molecule has 1 unspecified atom stereocenters. The summed E-state index contributed by atoms with van der Waals surface area (Å²) in [6.07, 6.45) is 9.98. The molecule has 0 aliphatic carbocycles. The average Bonchev–Trinajstić information content (AvgIpc) is 2.66. The highest BCUT2D eigenvalue weighted by molar-refractivity contribution is 6.03. The van der Waals surface area contributed by atoms with Crippen molar-refractivity contribution in [3.8, 4) is 0 Å². The van der Waals surface area contributed by atoms with E-state index in [-0.39, 0.29) is 5.97 Å². The summed E-state index contributed by atoms with van der Waals surface area (Å²) < 4.78 is 4.98. The Morgan fingerprint density at radius 2 is 1.80 bits per heavy atom. The maximum Gasteiger partial charge on any atom is 0.338 e. The summed E-state index contributed by atoms with van der Waals surface area (Å²) in [6.45, 7) is 4.45. The zero-order valence-electron chi connectivity index (χ0n) is 15.9. The van der Waals surface area contributed by atoms with Crippen LogP contribution in [0.15, 0.2) is 30.3 Å². The molecule has 0 radical (unpaired) electrons. The number of hydrogen-bond acceptors (Lipinski definition) is 3. The molecule has 1 atom stereocenters. The normalized spacial score (nSPS) is 12.3. The number of pyridine rings is 1. The Balaban J connectivity index is 2.15. The first-order chi connectivity index (χ1) is 12.2. The number of fused-ring (bicyclic) bond motifs is 1. The summed E-state index contributed by atoms with van der Waals surface area (Å²) in [5.74, 6) is 0.119. The molecule has 2 aromatic rings. The van der Waals surface area contributed by atoms with Crippen LogP contribution >= 0.6 is 0 Å². The van der Waals surface area contributed by atoms with Crippen LogP contribution in [-0.4, -0.2) is 18.1 Å². The quantitative estimate of drug-likeness (QED) is 0.378. The number of carbonyl (C=O) groups excluding carboxylic acids is 1. The van der Waals surface area contributed by atoms with Crippen molar-refractivity contribution < 1.29 is 9.53 Å². The highest BCUT2D eigenvalue weighted by Gasteiger charge is 2.17. The topological polar surface area (TPSA) is 39.2 Å². The lowest BCUT2D eigenvalue weighted by atomic mass is 9.92. The van der Waals surface area contributed by atoms with Crippen LogP contribution in [0.5, 0.6) is 0 Å². The summed E-state index contributed by atoms with van der Waals surface area (Å²) >= 11 is 0. The molecular formula is C22H31NO2. The fraction of sp³-hybridized carbons (Fsp3) is 0.545.